The van der Waals surface area contributed by atoms with Crippen molar-refractivity contribution in [2.45, 2.75) is 25.8 Å². The molecule has 1 fully saturated rings. The van der Waals surface area contributed by atoms with Gasteiger partial charge in [0.25, 0.3) is 5.91 Å². The third kappa shape index (κ3) is 3.68. The van der Waals surface area contributed by atoms with Crippen molar-refractivity contribution in [2.75, 3.05) is 19.8 Å². The normalized spacial score (nSPS) is 18.0. The standard InChI is InChI=1S/C16H19N5O2/c1-12-15(18-7-6-17-12)3-2-14-11-23-9-8-21(14)16(22)13-4-5-19-20-10-13/h4-7,10,14H,2-3,8-9,11H2,1H3/t14-/m1/s1. The smallest absolute Gasteiger partial charge is 0.255 e. The van der Waals surface area contributed by atoms with E-state index in [0.29, 0.717) is 25.3 Å². The van der Waals surface area contributed by atoms with Crippen LogP contribution in [-0.4, -0.2) is 56.8 Å². The van der Waals surface area contributed by atoms with E-state index in [1.165, 1.54) is 12.4 Å². The molecule has 0 spiro atoms. The summed E-state index contributed by atoms with van der Waals surface area (Å²) < 4.78 is 5.56. The second kappa shape index (κ2) is 7.23. The molecule has 0 saturated carbocycles. The van der Waals surface area contributed by atoms with Crippen LogP contribution in [0.4, 0.5) is 0 Å². The van der Waals surface area contributed by atoms with E-state index in [1.54, 1.807) is 18.5 Å². The lowest BCUT2D eigenvalue weighted by Gasteiger charge is -2.35. The van der Waals surface area contributed by atoms with Crippen molar-refractivity contribution in [1.82, 2.24) is 25.1 Å². The predicted molar refractivity (Wildman–Crippen MR) is 82.8 cm³/mol. The van der Waals surface area contributed by atoms with E-state index < -0.39 is 0 Å². The minimum atomic E-state index is -0.0240. The summed E-state index contributed by atoms with van der Waals surface area (Å²) in [6.07, 6.45) is 7.99. The Labute approximate surface area is 134 Å². The zero-order valence-corrected chi connectivity index (χ0v) is 13.1. The van der Waals surface area contributed by atoms with E-state index in [9.17, 15) is 4.79 Å². The predicted octanol–water partition coefficient (Wildman–Crippen LogP) is 1.05. The van der Waals surface area contributed by atoms with Crippen LogP contribution in [-0.2, 0) is 11.2 Å². The fraction of sp³-hybridized carbons (Fsp3) is 0.438. The number of ether oxygens (including phenoxy) is 1. The van der Waals surface area contributed by atoms with E-state index in [0.717, 1.165) is 24.2 Å². The highest BCUT2D eigenvalue weighted by atomic mass is 16.5. The maximum Gasteiger partial charge on any atom is 0.255 e. The lowest BCUT2D eigenvalue weighted by Crippen LogP contribution is -2.49. The number of hydrogen-bond donors (Lipinski definition) is 0. The molecule has 1 atom stereocenters. The zero-order chi connectivity index (χ0) is 16.1. The van der Waals surface area contributed by atoms with E-state index in [-0.39, 0.29) is 11.9 Å². The Morgan fingerprint density at radius 2 is 2.17 bits per heavy atom. The molecule has 23 heavy (non-hydrogen) atoms. The number of rotatable bonds is 4. The lowest BCUT2D eigenvalue weighted by atomic mass is 10.1. The van der Waals surface area contributed by atoms with Crippen LogP contribution in [0.15, 0.2) is 30.9 Å². The van der Waals surface area contributed by atoms with Gasteiger partial charge in [0.15, 0.2) is 0 Å². The quantitative estimate of drug-likeness (QED) is 0.839. The minimum Gasteiger partial charge on any atom is -0.377 e. The minimum absolute atomic E-state index is 0.0240. The molecular formula is C16H19N5O2. The molecule has 3 rings (SSSR count). The second-order valence-corrected chi connectivity index (χ2v) is 5.49. The third-order valence-electron chi connectivity index (χ3n) is 4.02. The molecule has 3 heterocycles. The van der Waals surface area contributed by atoms with Gasteiger partial charge in [0.05, 0.1) is 48.6 Å². The average molecular weight is 313 g/mol. The maximum absolute atomic E-state index is 12.7. The Kier molecular flexibility index (Phi) is 4.87. The number of nitrogens with zero attached hydrogens (tertiary/aromatic N) is 5. The first-order chi connectivity index (χ1) is 11.3. The highest BCUT2D eigenvalue weighted by Crippen LogP contribution is 2.17. The molecular weight excluding hydrogens is 294 g/mol. The van der Waals surface area contributed by atoms with Gasteiger partial charge in [-0.25, -0.2) is 0 Å². The summed E-state index contributed by atoms with van der Waals surface area (Å²) in [5.41, 5.74) is 2.46. The Bertz CT molecular complexity index is 665. The molecule has 0 radical (unpaired) electrons. The Hall–Kier alpha value is -2.41. The van der Waals surface area contributed by atoms with E-state index in [1.807, 2.05) is 11.8 Å². The van der Waals surface area contributed by atoms with Crippen molar-refractivity contribution in [3.63, 3.8) is 0 Å². The van der Waals surface area contributed by atoms with E-state index >= 15 is 0 Å². The van der Waals surface area contributed by atoms with Crippen molar-refractivity contribution in [1.29, 1.82) is 0 Å². The number of carbonyl (C=O) groups is 1. The van der Waals surface area contributed by atoms with Gasteiger partial charge in [-0.1, -0.05) is 0 Å². The molecule has 2 aromatic rings. The number of amides is 1. The zero-order valence-electron chi connectivity index (χ0n) is 13.1. The first-order valence-corrected chi connectivity index (χ1v) is 7.67. The monoisotopic (exact) mass is 313 g/mol. The molecule has 1 amide bonds. The summed E-state index contributed by atoms with van der Waals surface area (Å²) in [5, 5.41) is 7.50. The van der Waals surface area contributed by atoms with Gasteiger partial charge >= 0.3 is 0 Å². The Morgan fingerprint density at radius 3 is 2.96 bits per heavy atom. The Morgan fingerprint density at radius 1 is 1.30 bits per heavy atom. The molecule has 7 heteroatoms. The van der Waals surface area contributed by atoms with Crippen LogP contribution in [0.1, 0.15) is 28.2 Å². The Balaban J connectivity index is 1.69. The third-order valence-corrected chi connectivity index (χ3v) is 4.02. The molecule has 0 bridgehead atoms. The molecule has 1 aliphatic heterocycles. The maximum atomic E-state index is 12.7. The van der Waals surface area contributed by atoms with Gasteiger partial charge < -0.3 is 9.64 Å². The highest BCUT2D eigenvalue weighted by molar-refractivity contribution is 5.94. The van der Waals surface area contributed by atoms with Gasteiger partial charge in [0.1, 0.15) is 0 Å². The number of aromatic nitrogens is 4. The summed E-state index contributed by atoms with van der Waals surface area (Å²) in [6, 6.07) is 1.72. The van der Waals surface area contributed by atoms with E-state index in [2.05, 4.69) is 20.2 Å². The highest BCUT2D eigenvalue weighted by Gasteiger charge is 2.28. The fourth-order valence-electron chi connectivity index (χ4n) is 2.73. The number of morpholine rings is 1. The van der Waals surface area contributed by atoms with Crippen LogP contribution in [0.2, 0.25) is 0 Å². The van der Waals surface area contributed by atoms with Crippen molar-refractivity contribution < 1.29 is 9.53 Å². The summed E-state index contributed by atoms with van der Waals surface area (Å²) in [5.74, 6) is -0.0240. The van der Waals surface area contributed by atoms with Crippen molar-refractivity contribution in [3.05, 3.63) is 47.8 Å². The molecule has 1 saturated heterocycles. The second-order valence-electron chi connectivity index (χ2n) is 5.49. The number of hydrogen-bond acceptors (Lipinski definition) is 6. The molecule has 0 aliphatic carbocycles. The molecule has 0 aromatic carbocycles. The lowest BCUT2D eigenvalue weighted by molar-refractivity contribution is -0.00417. The number of carbonyl (C=O) groups excluding carboxylic acids is 1. The van der Waals surface area contributed by atoms with Gasteiger partial charge in [-0.3, -0.25) is 14.8 Å². The first-order valence-electron chi connectivity index (χ1n) is 7.67. The molecule has 0 N–H and O–H groups in total. The molecule has 7 nitrogen and oxygen atoms in total. The SMILES string of the molecule is Cc1nccnc1CC[C@@H]1COCCN1C(=O)c1ccnnc1. The molecule has 0 unspecified atom stereocenters. The first kappa shape index (κ1) is 15.5. The summed E-state index contributed by atoms with van der Waals surface area (Å²) in [4.78, 5) is 23.2. The molecule has 2 aromatic heterocycles. The average Bonchev–Trinajstić information content (AvgIpc) is 2.61. The summed E-state index contributed by atoms with van der Waals surface area (Å²) in [7, 11) is 0. The summed E-state index contributed by atoms with van der Waals surface area (Å²) >= 11 is 0. The molecule has 1 aliphatic rings. The van der Waals surface area contributed by atoms with Crippen molar-refractivity contribution >= 4 is 5.91 Å². The van der Waals surface area contributed by atoms with Crippen molar-refractivity contribution in [3.8, 4) is 0 Å². The van der Waals surface area contributed by atoms with Gasteiger partial charge in [-0.2, -0.15) is 10.2 Å². The van der Waals surface area contributed by atoms with Gasteiger partial charge in [0.2, 0.25) is 0 Å². The number of aryl methyl sites for hydroxylation is 2. The topological polar surface area (TPSA) is 81.1 Å². The van der Waals surface area contributed by atoms with Gasteiger partial charge in [-0.05, 0) is 25.8 Å². The van der Waals surface area contributed by atoms with Crippen LogP contribution < -0.4 is 0 Å². The van der Waals surface area contributed by atoms with Crippen LogP contribution in [0.25, 0.3) is 0 Å². The van der Waals surface area contributed by atoms with Crippen LogP contribution >= 0.6 is 0 Å². The van der Waals surface area contributed by atoms with Gasteiger partial charge in [0, 0.05) is 18.9 Å². The fourth-order valence-corrected chi connectivity index (χ4v) is 2.73. The summed E-state index contributed by atoms with van der Waals surface area (Å²) in [6.45, 7) is 3.64. The van der Waals surface area contributed by atoms with Crippen LogP contribution in [0.5, 0.6) is 0 Å². The van der Waals surface area contributed by atoms with E-state index in [4.69, 9.17) is 4.74 Å². The largest absolute Gasteiger partial charge is 0.377 e. The van der Waals surface area contributed by atoms with Crippen LogP contribution in [0, 0.1) is 6.92 Å². The van der Waals surface area contributed by atoms with Crippen molar-refractivity contribution in [2.24, 2.45) is 0 Å². The molecule has 120 valence electrons. The van der Waals surface area contributed by atoms with Gasteiger partial charge in [-0.15, -0.1) is 0 Å². The van der Waals surface area contributed by atoms with Crippen LogP contribution in [0.3, 0.4) is 0 Å².